The summed E-state index contributed by atoms with van der Waals surface area (Å²) in [4.78, 5) is 13.3. The fourth-order valence-corrected chi connectivity index (χ4v) is 9.54. The Morgan fingerprint density at radius 3 is 1.35 bits per heavy atom. The predicted molar refractivity (Wildman–Crippen MR) is 304 cm³/mol. The Kier molecular flexibility index (Phi) is 38.8. The zero-order valence-corrected chi connectivity index (χ0v) is 47.8. The summed E-state index contributed by atoms with van der Waals surface area (Å²) in [6.07, 6.45) is 25.6. The van der Waals surface area contributed by atoms with E-state index < -0.39 is 124 Å². The lowest BCUT2D eigenvalue weighted by molar-refractivity contribution is -0.379. The molecule has 80 heavy (non-hydrogen) atoms. The Balaban J connectivity index is 1.52. The third kappa shape index (κ3) is 27.1. The minimum absolute atomic E-state index is 0.183. The molecule has 0 aromatic carbocycles. The molecule has 3 rings (SSSR count). The van der Waals surface area contributed by atoms with Gasteiger partial charge in [0, 0.05) is 6.42 Å². The number of hydrogen-bond acceptors (Lipinski definition) is 18. The second-order valence-electron chi connectivity index (χ2n) is 21.1. The van der Waals surface area contributed by atoms with Crippen LogP contribution in [0.5, 0.6) is 0 Å². The fourth-order valence-electron chi connectivity index (χ4n) is 9.54. The van der Waals surface area contributed by atoms with E-state index in [1.807, 2.05) is 6.08 Å². The van der Waals surface area contributed by atoms with E-state index in [1.165, 1.54) is 57.8 Å². The van der Waals surface area contributed by atoms with Crippen molar-refractivity contribution in [3.05, 3.63) is 85.1 Å². The number of ether oxygens (including phenoxy) is 6. The van der Waals surface area contributed by atoms with Gasteiger partial charge < -0.3 is 89.9 Å². The minimum Gasteiger partial charge on any atom is -0.394 e. The number of nitrogens with one attached hydrogen (secondary N) is 1. The molecule has 0 aromatic heterocycles. The number of hydrogen-bond donors (Lipinski definition) is 12. The van der Waals surface area contributed by atoms with Crippen LogP contribution in [0.1, 0.15) is 162 Å². The van der Waals surface area contributed by atoms with E-state index in [0.29, 0.717) is 6.42 Å². The smallest absolute Gasteiger partial charge is 0.220 e. The SMILES string of the molecule is CC/C=C\C/C=C\C/C=C\C/C=C\C/C=C\C/C=C\CCCCC(=O)NC(COC1OC(CO)C(OC2OC(CO)C(OC3OC(CO)C(O)C(O)C3O)C(O)C2O)C(O)C1O)C(O)/C=C/CCCCCCCCCCCCCC. The van der Waals surface area contributed by atoms with E-state index in [0.717, 1.165) is 77.0 Å². The lowest BCUT2D eigenvalue weighted by Crippen LogP contribution is -2.66. The van der Waals surface area contributed by atoms with Gasteiger partial charge in [-0.25, -0.2) is 0 Å². The Morgan fingerprint density at radius 1 is 0.463 bits per heavy atom. The van der Waals surface area contributed by atoms with Gasteiger partial charge in [0.25, 0.3) is 0 Å². The van der Waals surface area contributed by atoms with Gasteiger partial charge in [-0.15, -0.1) is 0 Å². The van der Waals surface area contributed by atoms with Crippen molar-refractivity contribution in [1.29, 1.82) is 0 Å². The number of allylic oxidation sites excluding steroid dienone is 13. The highest BCUT2D eigenvalue weighted by molar-refractivity contribution is 5.76. The summed E-state index contributed by atoms with van der Waals surface area (Å²) in [6, 6.07) is -1.00. The molecule has 19 heteroatoms. The zero-order valence-electron chi connectivity index (χ0n) is 47.8. The van der Waals surface area contributed by atoms with Crippen molar-refractivity contribution in [3.63, 3.8) is 0 Å². The van der Waals surface area contributed by atoms with Gasteiger partial charge in [-0.2, -0.15) is 0 Å². The number of rotatable bonds is 42. The first-order valence-electron chi connectivity index (χ1n) is 29.8. The first kappa shape index (κ1) is 71.2. The highest BCUT2D eigenvalue weighted by Crippen LogP contribution is 2.33. The van der Waals surface area contributed by atoms with Gasteiger partial charge in [0.2, 0.25) is 5.91 Å². The number of carbonyl (C=O) groups is 1. The van der Waals surface area contributed by atoms with Crippen LogP contribution in [0.25, 0.3) is 0 Å². The third-order valence-corrected chi connectivity index (χ3v) is 14.4. The van der Waals surface area contributed by atoms with Crippen LogP contribution < -0.4 is 5.32 Å². The Morgan fingerprint density at radius 2 is 0.863 bits per heavy atom. The fraction of sp³-hybridized carbons (Fsp3) is 0.754. The largest absolute Gasteiger partial charge is 0.394 e. The van der Waals surface area contributed by atoms with Crippen LogP contribution in [-0.4, -0.2) is 193 Å². The van der Waals surface area contributed by atoms with Gasteiger partial charge in [0.15, 0.2) is 18.9 Å². The summed E-state index contributed by atoms with van der Waals surface area (Å²) in [5.41, 5.74) is 0. The normalized spacial score (nSPS) is 30.6. The molecule has 3 heterocycles. The van der Waals surface area contributed by atoms with Crippen LogP contribution in [0.4, 0.5) is 0 Å². The van der Waals surface area contributed by atoms with E-state index in [2.05, 4.69) is 92.1 Å². The van der Waals surface area contributed by atoms with Crippen LogP contribution in [0, 0.1) is 0 Å². The molecule has 0 bridgehead atoms. The maximum absolute atomic E-state index is 13.3. The lowest BCUT2D eigenvalue weighted by Gasteiger charge is -2.48. The molecule has 0 radical (unpaired) electrons. The van der Waals surface area contributed by atoms with Crippen molar-refractivity contribution in [2.45, 2.75) is 266 Å². The van der Waals surface area contributed by atoms with Crippen molar-refractivity contribution in [3.8, 4) is 0 Å². The van der Waals surface area contributed by atoms with Crippen LogP contribution in [0.3, 0.4) is 0 Å². The second kappa shape index (κ2) is 43.6. The molecule has 3 aliphatic heterocycles. The Hall–Kier alpha value is -3.03. The van der Waals surface area contributed by atoms with Gasteiger partial charge in [-0.3, -0.25) is 4.79 Å². The van der Waals surface area contributed by atoms with Crippen LogP contribution in [-0.2, 0) is 33.2 Å². The zero-order chi connectivity index (χ0) is 58.3. The summed E-state index contributed by atoms with van der Waals surface area (Å²) in [6.45, 7) is 1.54. The molecular weight excluding hydrogens is 1030 g/mol. The molecule has 0 aromatic rings. The maximum atomic E-state index is 13.3. The van der Waals surface area contributed by atoms with E-state index in [9.17, 15) is 61.0 Å². The molecule has 1 amide bonds. The topological polar surface area (TPSA) is 307 Å². The molecule has 3 aliphatic rings. The van der Waals surface area contributed by atoms with Crippen molar-refractivity contribution in [2.24, 2.45) is 0 Å². The first-order valence-corrected chi connectivity index (χ1v) is 29.8. The van der Waals surface area contributed by atoms with E-state index in [1.54, 1.807) is 6.08 Å². The molecule has 0 aliphatic carbocycles. The lowest BCUT2D eigenvalue weighted by atomic mass is 9.96. The molecule has 0 saturated carbocycles. The average Bonchev–Trinajstić information content (AvgIpc) is 3.45. The number of carbonyl (C=O) groups excluding carboxylic acids is 1. The van der Waals surface area contributed by atoms with E-state index in [-0.39, 0.29) is 18.9 Å². The van der Waals surface area contributed by atoms with Crippen molar-refractivity contribution in [2.75, 3.05) is 26.4 Å². The highest BCUT2D eigenvalue weighted by atomic mass is 16.8. The molecular formula is C61H103NO18. The standard InChI is InChI=1S/C61H103NO18/c1-3-5-7-9-11-13-15-17-19-20-21-22-23-24-25-27-29-31-33-35-37-39-49(67)62-44(45(66)38-36-34-32-30-28-26-18-16-14-12-10-8-6-4-2)43-75-59-55(73)52(70)57(47(41-64)77-59)80-61-56(74)53(71)58(48(42-65)78-61)79-60-54(72)51(69)50(68)46(40-63)76-60/h5,7,11,13,17,19,21-22,24-25,29,31,36,38,44-48,50-61,63-66,68-74H,3-4,6,8-10,12,14-16,18,20,23,26-28,30,32-35,37,39-43H2,1-2H3,(H,62,67)/b7-5-,13-11-,19-17-,22-21-,25-24-,31-29-,38-36+. The van der Waals surface area contributed by atoms with Gasteiger partial charge >= 0.3 is 0 Å². The van der Waals surface area contributed by atoms with E-state index >= 15 is 0 Å². The summed E-state index contributed by atoms with van der Waals surface area (Å²) < 4.78 is 34.2. The molecule has 17 unspecified atom stereocenters. The van der Waals surface area contributed by atoms with Gasteiger partial charge in [0.05, 0.1) is 38.6 Å². The Labute approximate surface area is 476 Å². The van der Waals surface area contributed by atoms with Crippen LogP contribution in [0.15, 0.2) is 85.1 Å². The molecule has 3 saturated heterocycles. The summed E-state index contributed by atoms with van der Waals surface area (Å²) in [7, 11) is 0. The molecule has 19 nitrogen and oxygen atoms in total. The summed E-state index contributed by atoms with van der Waals surface area (Å²) in [5.74, 6) is -0.322. The summed E-state index contributed by atoms with van der Waals surface area (Å²) >= 11 is 0. The monoisotopic (exact) mass is 1140 g/mol. The van der Waals surface area contributed by atoms with Crippen molar-refractivity contribution < 1.29 is 89.4 Å². The quantitative estimate of drug-likeness (QED) is 0.0276. The van der Waals surface area contributed by atoms with Crippen molar-refractivity contribution in [1.82, 2.24) is 5.32 Å². The van der Waals surface area contributed by atoms with E-state index in [4.69, 9.17) is 28.4 Å². The highest BCUT2D eigenvalue weighted by Gasteiger charge is 2.53. The second-order valence-corrected chi connectivity index (χ2v) is 21.1. The van der Waals surface area contributed by atoms with Crippen LogP contribution >= 0.6 is 0 Å². The van der Waals surface area contributed by atoms with Gasteiger partial charge in [-0.05, 0) is 70.6 Å². The first-order chi connectivity index (χ1) is 38.8. The number of aliphatic hydroxyl groups is 11. The van der Waals surface area contributed by atoms with Gasteiger partial charge in [-0.1, -0.05) is 170 Å². The molecule has 12 N–H and O–H groups in total. The summed E-state index contributed by atoms with van der Waals surface area (Å²) in [5, 5.41) is 120. The Bertz CT molecular complexity index is 1790. The van der Waals surface area contributed by atoms with Crippen LogP contribution in [0.2, 0.25) is 0 Å². The molecule has 460 valence electrons. The average molecular weight is 1140 g/mol. The minimum atomic E-state index is -1.99. The third-order valence-electron chi connectivity index (χ3n) is 14.4. The molecule has 17 atom stereocenters. The molecule has 0 spiro atoms. The number of unbranched alkanes of at least 4 members (excludes halogenated alkanes) is 14. The van der Waals surface area contributed by atoms with Gasteiger partial charge in [0.1, 0.15) is 73.2 Å². The maximum Gasteiger partial charge on any atom is 0.220 e. The predicted octanol–water partition coefficient (Wildman–Crippen LogP) is 5.20. The molecule has 3 fully saturated rings. The number of aliphatic hydroxyl groups excluding tert-OH is 11. The van der Waals surface area contributed by atoms with Crippen molar-refractivity contribution >= 4 is 5.91 Å². The number of amides is 1.